The number of alkyl halides is 1. The number of nitro groups is 1. The highest BCUT2D eigenvalue weighted by Gasteiger charge is 2.31. The van der Waals surface area contributed by atoms with Crippen LogP contribution in [0.5, 0.6) is 0 Å². The molecule has 1 saturated heterocycles. The Morgan fingerprint density at radius 1 is 1.42 bits per heavy atom. The highest BCUT2D eigenvalue weighted by atomic mass is 35.5. The van der Waals surface area contributed by atoms with E-state index in [2.05, 4.69) is 0 Å². The Labute approximate surface area is 115 Å². The molecular formula is C13H13ClN2O3. The maximum atomic E-state index is 10.6. The van der Waals surface area contributed by atoms with E-state index in [1.165, 1.54) is 18.2 Å². The number of hydrogen-bond acceptors (Lipinski definition) is 4. The Hall–Kier alpha value is -1.84. The molecular weight excluding hydrogens is 268 g/mol. The molecule has 0 saturated carbocycles. The Balaban J connectivity index is 2.17. The Kier molecular flexibility index (Phi) is 3.88. The highest BCUT2D eigenvalue weighted by molar-refractivity contribution is 6.26. The van der Waals surface area contributed by atoms with Gasteiger partial charge in [0.1, 0.15) is 5.94 Å². The number of piperidine rings is 1. The van der Waals surface area contributed by atoms with Crippen LogP contribution in [-0.4, -0.2) is 28.8 Å². The van der Waals surface area contributed by atoms with Gasteiger partial charge in [0.25, 0.3) is 5.69 Å². The van der Waals surface area contributed by atoms with E-state index in [9.17, 15) is 14.9 Å². The SMILES string of the molecule is O=C=CC1(Cl)CCCN(c2ccc([N+](=O)[O-])cc2)C1. The number of nitro benzene ring substituents is 1. The number of non-ortho nitro benzene ring substituents is 1. The molecule has 1 aliphatic heterocycles. The summed E-state index contributed by atoms with van der Waals surface area (Å²) in [7, 11) is 0. The molecule has 100 valence electrons. The van der Waals surface area contributed by atoms with Crippen molar-refractivity contribution in [3.05, 3.63) is 40.5 Å². The fourth-order valence-electron chi connectivity index (χ4n) is 2.27. The smallest absolute Gasteiger partial charge is 0.269 e. The summed E-state index contributed by atoms with van der Waals surface area (Å²) in [4.78, 5) is 22.0. The molecule has 1 aliphatic rings. The maximum Gasteiger partial charge on any atom is 0.269 e. The summed E-state index contributed by atoms with van der Waals surface area (Å²) in [6.07, 6.45) is 2.94. The zero-order valence-electron chi connectivity index (χ0n) is 10.2. The van der Waals surface area contributed by atoms with E-state index in [4.69, 9.17) is 11.6 Å². The van der Waals surface area contributed by atoms with Crippen LogP contribution in [0.15, 0.2) is 30.3 Å². The maximum absolute atomic E-state index is 10.6. The Bertz CT molecular complexity index is 525. The second-order valence-corrected chi connectivity index (χ2v) is 5.35. The van der Waals surface area contributed by atoms with Gasteiger partial charge in [-0.05, 0) is 25.0 Å². The van der Waals surface area contributed by atoms with Gasteiger partial charge in [0.15, 0.2) is 0 Å². The number of rotatable bonds is 3. The summed E-state index contributed by atoms with van der Waals surface area (Å²) in [6, 6.07) is 6.33. The van der Waals surface area contributed by atoms with Crippen LogP contribution >= 0.6 is 11.6 Å². The molecule has 1 fully saturated rings. The third kappa shape index (κ3) is 3.13. The number of halogens is 1. The predicted octanol–water partition coefficient (Wildman–Crippen LogP) is 2.56. The molecule has 2 rings (SSSR count). The van der Waals surface area contributed by atoms with E-state index in [1.54, 1.807) is 18.1 Å². The van der Waals surface area contributed by atoms with E-state index in [0.717, 1.165) is 25.1 Å². The summed E-state index contributed by atoms with van der Waals surface area (Å²) in [6.45, 7) is 1.32. The molecule has 0 amide bonds. The summed E-state index contributed by atoms with van der Waals surface area (Å²) >= 11 is 6.33. The molecule has 6 heteroatoms. The second kappa shape index (κ2) is 5.43. The van der Waals surface area contributed by atoms with Crippen molar-refractivity contribution in [2.45, 2.75) is 17.7 Å². The van der Waals surface area contributed by atoms with Crippen LogP contribution in [0.1, 0.15) is 12.8 Å². The van der Waals surface area contributed by atoms with Crippen LogP contribution < -0.4 is 4.90 Å². The third-order valence-electron chi connectivity index (χ3n) is 3.22. The van der Waals surface area contributed by atoms with E-state index < -0.39 is 9.80 Å². The zero-order chi connectivity index (χ0) is 13.9. The molecule has 1 heterocycles. The first kappa shape index (κ1) is 13.6. The second-order valence-electron chi connectivity index (χ2n) is 4.60. The minimum Gasteiger partial charge on any atom is -0.369 e. The first-order valence-corrected chi connectivity index (χ1v) is 6.32. The lowest BCUT2D eigenvalue weighted by atomic mass is 9.96. The topological polar surface area (TPSA) is 63.5 Å². The zero-order valence-corrected chi connectivity index (χ0v) is 11.0. The van der Waals surface area contributed by atoms with Gasteiger partial charge in [-0.1, -0.05) is 0 Å². The molecule has 1 aromatic rings. The lowest BCUT2D eigenvalue weighted by Crippen LogP contribution is -2.43. The van der Waals surface area contributed by atoms with Crippen LogP contribution in [0.25, 0.3) is 0 Å². The third-order valence-corrected chi connectivity index (χ3v) is 3.64. The molecule has 1 unspecified atom stereocenters. The van der Waals surface area contributed by atoms with Crippen molar-refractivity contribution < 1.29 is 9.72 Å². The Morgan fingerprint density at radius 3 is 2.68 bits per heavy atom. The molecule has 0 aromatic heterocycles. The van der Waals surface area contributed by atoms with Crippen LogP contribution in [0.2, 0.25) is 0 Å². The average molecular weight is 281 g/mol. The standard InChI is InChI=1S/C13H13ClN2O3/c14-13(7-9-17)6-1-8-15(10-13)11-2-4-12(5-3-11)16(18)19/h2-5,7H,1,6,8,10H2. The van der Waals surface area contributed by atoms with Crippen LogP contribution in [0.4, 0.5) is 11.4 Å². The fourth-order valence-corrected chi connectivity index (χ4v) is 2.59. The van der Waals surface area contributed by atoms with Crippen LogP contribution in [0, 0.1) is 10.1 Å². The largest absolute Gasteiger partial charge is 0.369 e. The van der Waals surface area contributed by atoms with Crippen molar-refractivity contribution in [2.24, 2.45) is 0 Å². The lowest BCUT2D eigenvalue weighted by Gasteiger charge is -2.37. The summed E-state index contributed by atoms with van der Waals surface area (Å²) in [5.74, 6) is 1.75. The molecule has 5 nitrogen and oxygen atoms in total. The van der Waals surface area contributed by atoms with Gasteiger partial charge in [0.2, 0.25) is 0 Å². The van der Waals surface area contributed by atoms with Crippen molar-refractivity contribution in [3.63, 3.8) is 0 Å². The van der Waals surface area contributed by atoms with Gasteiger partial charge >= 0.3 is 0 Å². The van der Waals surface area contributed by atoms with Gasteiger partial charge < -0.3 is 4.90 Å². The molecule has 0 N–H and O–H groups in total. The first-order valence-electron chi connectivity index (χ1n) is 5.94. The molecule has 0 aliphatic carbocycles. The van der Waals surface area contributed by atoms with Crippen LogP contribution in [0.3, 0.4) is 0 Å². The quantitative estimate of drug-likeness (QED) is 0.369. The molecule has 0 radical (unpaired) electrons. The van der Waals surface area contributed by atoms with Crippen molar-refractivity contribution in [3.8, 4) is 0 Å². The molecule has 19 heavy (non-hydrogen) atoms. The predicted molar refractivity (Wildman–Crippen MR) is 73.4 cm³/mol. The normalized spacial score (nSPS) is 22.7. The van der Waals surface area contributed by atoms with Crippen molar-refractivity contribution in [1.29, 1.82) is 0 Å². The number of hydrogen-bond donors (Lipinski definition) is 0. The molecule has 0 bridgehead atoms. The van der Waals surface area contributed by atoms with Gasteiger partial charge in [-0.15, -0.1) is 11.6 Å². The summed E-state index contributed by atoms with van der Waals surface area (Å²) < 4.78 is 0. The average Bonchev–Trinajstić information content (AvgIpc) is 2.39. The van der Waals surface area contributed by atoms with E-state index in [0.29, 0.717) is 6.54 Å². The van der Waals surface area contributed by atoms with Gasteiger partial charge in [-0.3, -0.25) is 10.1 Å². The van der Waals surface area contributed by atoms with Gasteiger partial charge in [-0.25, -0.2) is 4.79 Å². The van der Waals surface area contributed by atoms with E-state index in [1.807, 2.05) is 4.90 Å². The number of benzene rings is 1. The monoisotopic (exact) mass is 280 g/mol. The highest BCUT2D eigenvalue weighted by Crippen LogP contribution is 2.32. The van der Waals surface area contributed by atoms with Gasteiger partial charge in [0.05, 0.1) is 9.80 Å². The van der Waals surface area contributed by atoms with Crippen LogP contribution in [-0.2, 0) is 4.79 Å². The fraction of sp³-hybridized carbons (Fsp3) is 0.385. The summed E-state index contributed by atoms with van der Waals surface area (Å²) in [5, 5.41) is 10.6. The lowest BCUT2D eigenvalue weighted by molar-refractivity contribution is -0.384. The van der Waals surface area contributed by atoms with Crippen molar-refractivity contribution >= 4 is 28.9 Å². The van der Waals surface area contributed by atoms with Gasteiger partial charge in [0, 0.05) is 37.0 Å². The Morgan fingerprint density at radius 2 is 2.11 bits per heavy atom. The number of carbonyl (C=O) groups excluding carboxylic acids is 1. The minimum absolute atomic E-state index is 0.0608. The first-order chi connectivity index (χ1) is 9.04. The van der Waals surface area contributed by atoms with E-state index in [-0.39, 0.29) is 5.69 Å². The molecule has 0 spiro atoms. The van der Waals surface area contributed by atoms with E-state index >= 15 is 0 Å². The molecule has 1 aromatic carbocycles. The molecule has 1 atom stereocenters. The summed E-state index contributed by atoms with van der Waals surface area (Å²) in [5.41, 5.74) is 0.931. The number of anilines is 1. The van der Waals surface area contributed by atoms with Crippen molar-refractivity contribution in [2.75, 3.05) is 18.0 Å². The van der Waals surface area contributed by atoms with Gasteiger partial charge in [-0.2, -0.15) is 0 Å². The minimum atomic E-state index is -0.693. The number of nitrogens with zero attached hydrogens (tertiary/aromatic N) is 2. The van der Waals surface area contributed by atoms with Crippen molar-refractivity contribution in [1.82, 2.24) is 0 Å².